The summed E-state index contributed by atoms with van der Waals surface area (Å²) in [6.45, 7) is 0.773. The van der Waals surface area contributed by atoms with Crippen molar-refractivity contribution in [1.29, 1.82) is 0 Å². The molecule has 4 atom stereocenters. The van der Waals surface area contributed by atoms with Crippen molar-refractivity contribution >= 4 is 34.5 Å². The Bertz CT molecular complexity index is 884. The summed E-state index contributed by atoms with van der Waals surface area (Å²) in [5.74, 6) is -0.740. The van der Waals surface area contributed by atoms with Gasteiger partial charge in [0.05, 0.1) is 5.56 Å². The van der Waals surface area contributed by atoms with Gasteiger partial charge in [-0.2, -0.15) is 0 Å². The standard InChI is InChI=1S/C21H23NO4S/c23-20(24)17-8-12-3-1-2-4-13(12)10-19(17)27-16-6-5-14-11-22-18(21(25)26)9-15(14)7-16/h1-4,8,10,14-16,18,22H,5-7,9,11H2,(H,23,24)(H,25,26)/t14?,15?,16-,18-/m0/s1. The van der Waals surface area contributed by atoms with Crippen molar-refractivity contribution in [2.75, 3.05) is 6.54 Å². The number of aliphatic carboxylic acids is 1. The number of hydrogen-bond donors (Lipinski definition) is 3. The number of rotatable bonds is 4. The number of fused-ring (bicyclic) bond motifs is 2. The SMILES string of the molecule is O=C(O)c1cc2ccccc2cc1S[C@H]1CCC2CN[C@H](C(=O)O)CC2C1. The van der Waals surface area contributed by atoms with Crippen LogP contribution in [0.2, 0.25) is 0 Å². The van der Waals surface area contributed by atoms with Crippen molar-refractivity contribution in [2.24, 2.45) is 11.8 Å². The van der Waals surface area contributed by atoms with Crippen LogP contribution in [0.1, 0.15) is 36.0 Å². The Balaban J connectivity index is 1.54. The molecule has 0 amide bonds. The lowest BCUT2D eigenvalue weighted by Gasteiger charge is -2.41. The predicted octanol–water partition coefficient (Wildman–Crippen LogP) is 3.86. The summed E-state index contributed by atoms with van der Waals surface area (Å²) < 4.78 is 0. The second-order valence-electron chi connectivity index (χ2n) is 7.61. The molecule has 2 aromatic rings. The van der Waals surface area contributed by atoms with E-state index in [-0.39, 0.29) is 0 Å². The van der Waals surface area contributed by atoms with E-state index < -0.39 is 18.0 Å². The molecule has 2 aliphatic rings. The fourth-order valence-corrected chi connectivity index (χ4v) is 5.90. The third-order valence-electron chi connectivity index (χ3n) is 5.93. The van der Waals surface area contributed by atoms with Gasteiger partial charge in [0.25, 0.3) is 0 Å². The zero-order valence-corrected chi connectivity index (χ0v) is 15.7. The Labute approximate surface area is 162 Å². The van der Waals surface area contributed by atoms with Crippen LogP contribution in [-0.2, 0) is 4.79 Å². The van der Waals surface area contributed by atoms with Crippen molar-refractivity contribution in [3.8, 4) is 0 Å². The number of carboxylic acid groups (broad SMARTS) is 2. The summed E-state index contributed by atoms with van der Waals surface area (Å²) in [5, 5.41) is 24.4. The second-order valence-corrected chi connectivity index (χ2v) is 8.95. The average molecular weight is 385 g/mol. The number of thioether (sulfide) groups is 1. The predicted molar refractivity (Wildman–Crippen MR) is 105 cm³/mol. The van der Waals surface area contributed by atoms with E-state index in [2.05, 4.69) is 5.32 Å². The van der Waals surface area contributed by atoms with Crippen LogP contribution in [0.4, 0.5) is 0 Å². The molecule has 6 heteroatoms. The summed E-state index contributed by atoms with van der Waals surface area (Å²) in [7, 11) is 0. The molecule has 0 spiro atoms. The van der Waals surface area contributed by atoms with Gasteiger partial charge >= 0.3 is 11.9 Å². The largest absolute Gasteiger partial charge is 0.480 e. The third kappa shape index (κ3) is 3.82. The summed E-state index contributed by atoms with van der Waals surface area (Å²) >= 11 is 1.65. The van der Waals surface area contributed by atoms with Crippen molar-refractivity contribution < 1.29 is 19.8 Å². The Morgan fingerprint density at radius 1 is 1.00 bits per heavy atom. The first-order valence-corrected chi connectivity index (χ1v) is 10.3. The Morgan fingerprint density at radius 3 is 2.44 bits per heavy atom. The maximum absolute atomic E-state index is 11.8. The zero-order chi connectivity index (χ0) is 19.0. The first-order chi connectivity index (χ1) is 13.0. The van der Waals surface area contributed by atoms with Crippen LogP contribution in [0.5, 0.6) is 0 Å². The molecular weight excluding hydrogens is 362 g/mol. The van der Waals surface area contributed by atoms with Gasteiger partial charge in [0.1, 0.15) is 6.04 Å². The van der Waals surface area contributed by atoms with Gasteiger partial charge in [0, 0.05) is 10.1 Å². The molecule has 2 aromatic carbocycles. The first kappa shape index (κ1) is 18.3. The summed E-state index contributed by atoms with van der Waals surface area (Å²) in [5.41, 5.74) is 0.356. The molecule has 1 heterocycles. The van der Waals surface area contributed by atoms with Crippen LogP contribution < -0.4 is 5.32 Å². The molecule has 0 aromatic heterocycles. The molecule has 142 valence electrons. The number of carboxylic acids is 2. The minimum absolute atomic E-state index is 0.332. The highest BCUT2D eigenvalue weighted by Crippen LogP contribution is 2.43. The van der Waals surface area contributed by atoms with E-state index in [9.17, 15) is 19.8 Å². The van der Waals surface area contributed by atoms with Crippen LogP contribution in [0.25, 0.3) is 10.8 Å². The minimum Gasteiger partial charge on any atom is -0.480 e. The van der Waals surface area contributed by atoms with Crippen LogP contribution in [-0.4, -0.2) is 40.0 Å². The van der Waals surface area contributed by atoms with Gasteiger partial charge in [0.15, 0.2) is 0 Å². The molecule has 2 fully saturated rings. The van der Waals surface area contributed by atoms with Gasteiger partial charge in [-0.1, -0.05) is 24.3 Å². The molecule has 3 N–H and O–H groups in total. The molecule has 1 saturated carbocycles. The Morgan fingerprint density at radius 2 is 1.74 bits per heavy atom. The van der Waals surface area contributed by atoms with Gasteiger partial charge in [-0.25, -0.2) is 4.79 Å². The average Bonchev–Trinajstić information content (AvgIpc) is 2.66. The monoisotopic (exact) mass is 385 g/mol. The quantitative estimate of drug-likeness (QED) is 0.741. The number of piperidine rings is 1. The van der Waals surface area contributed by atoms with E-state index in [0.29, 0.717) is 29.1 Å². The highest BCUT2D eigenvalue weighted by Gasteiger charge is 2.38. The van der Waals surface area contributed by atoms with Crippen molar-refractivity contribution in [2.45, 2.75) is 41.9 Å². The number of carbonyl (C=O) groups is 2. The molecule has 1 aliphatic carbocycles. The van der Waals surface area contributed by atoms with E-state index in [4.69, 9.17) is 0 Å². The minimum atomic E-state index is -0.898. The normalized spacial score (nSPS) is 27.9. The van der Waals surface area contributed by atoms with E-state index in [1.54, 1.807) is 17.8 Å². The lowest BCUT2D eigenvalue weighted by Crippen LogP contribution is -2.49. The smallest absolute Gasteiger partial charge is 0.336 e. The number of hydrogen-bond acceptors (Lipinski definition) is 4. The lowest BCUT2D eigenvalue weighted by atomic mass is 9.73. The highest BCUT2D eigenvalue weighted by atomic mass is 32.2. The summed E-state index contributed by atoms with van der Waals surface area (Å²) in [6.07, 6.45) is 3.72. The third-order valence-corrected chi connectivity index (χ3v) is 7.28. The van der Waals surface area contributed by atoms with Gasteiger partial charge in [-0.3, -0.25) is 4.79 Å². The molecule has 2 unspecified atom stereocenters. The second kappa shape index (κ2) is 7.52. The Hall–Kier alpha value is -2.05. The van der Waals surface area contributed by atoms with Crippen molar-refractivity contribution in [3.63, 3.8) is 0 Å². The van der Waals surface area contributed by atoms with Crippen LogP contribution in [0, 0.1) is 11.8 Å². The zero-order valence-electron chi connectivity index (χ0n) is 14.9. The van der Waals surface area contributed by atoms with Gasteiger partial charge in [-0.15, -0.1) is 11.8 Å². The molecular formula is C21H23NO4S. The van der Waals surface area contributed by atoms with Crippen LogP contribution in [0.3, 0.4) is 0 Å². The first-order valence-electron chi connectivity index (χ1n) is 9.40. The summed E-state index contributed by atoms with van der Waals surface area (Å²) in [4.78, 5) is 23.9. The Kier molecular flexibility index (Phi) is 5.10. The van der Waals surface area contributed by atoms with E-state index in [0.717, 1.165) is 41.5 Å². The van der Waals surface area contributed by atoms with Crippen LogP contribution in [0.15, 0.2) is 41.3 Å². The van der Waals surface area contributed by atoms with E-state index in [1.807, 2.05) is 30.3 Å². The molecule has 0 radical (unpaired) electrons. The molecule has 4 rings (SSSR count). The molecule has 1 saturated heterocycles. The lowest BCUT2D eigenvalue weighted by molar-refractivity contribution is -0.141. The maximum Gasteiger partial charge on any atom is 0.336 e. The fourth-order valence-electron chi connectivity index (χ4n) is 4.48. The topological polar surface area (TPSA) is 86.6 Å². The summed E-state index contributed by atoms with van der Waals surface area (Å²) in [6, 6.07) is 11.1. The van der Waals surface area contributed by atoms with E-state index in [1.165, 1.54) is 0 Å². The molecule has 27 heavy (non-hydrogen) atoms. The van der Waals surface area contributed by atoms with Crippen molar-refractivity contribution in [1.82, 2.24) is 5.32 Å². The van der Waals surface area contributed by atoms with E-state index >= 15 is 0 Å². The maximum atomic E-state index is 11.8. The molecule has 5 nitrogen and oxygen atoms in total. The van der Waals surface area contributed by atoms with Gasteiger partial charge in [0.2, 0.25) is 0 Å². The molecule has 0 bridgehead atoms. The van der Waals surface area contributed by atoms with Gasteiger partial charge < -0.3 is 15.5 Å². The number of aromatic carboxylic acids is 1. The molecule has 1 aliphatic heterocycles. The fraction of sp³-hybridized carbons (Fsp3) is 0.429. The van der Waals surface area contributed by atoms with Crippen molar-refractivity contribution in [3.05, 3.63) is 42.0 Å². The number of nitrogens with one attached hydrogen (secondary N) is 1. The van der Waals surface area contributed by atoms with Crippen LogP contribution >= 0.6 is 11.8 Å². The number of benzene rings is 2. The highest BCUT2D eigenvalue weighted by molar-refractivity contribution is 8.00. The van der Waals surface area contributed by atoms with Gasteiger partial charge in [-0.05, 0) is 67.0 Å².